The first kappa shape index (κ1) is 14.6. The Labute approximate surface area is 125 Å². The summed E-state index contributed by atoms with van der Waals surface area (Å²) in [6.45, 7) is 1.87. The molecule has 1 N–H and O–H groups in total. The van der Waals surface area contributed by atoms with Crippen LogP contribution in [0.15, 0.2) is 41.6 Å². The highest BCUT2D eigenvalue weighted by Gasteiger charge is 2.13. The van der Waals surface area contributed by atoms with E-state index in [2.05, 4.69) is 5.16 Å². The fraction of sp³-hybridized carbons (Fsp3) is 0.143. The zero-order valence-corrected chi connectivity index (χ0v) is 12.2. The van der Waals surface area contributed by atoms with Gasteiger partial charge in [0, 0.05) is 0 Å². The van der Waals surface area contributed by atoms with Crippen LogP contribution in [-0.2, 0) is 4.84 Å². The van der Waals surface area contributed by atoms with Crippen molar-refractivity contribution < 1.29 is 14.7 Å². The van der Waals surface area contributed by atoms with Crippen LogP contribution in [0.3, 0.4) is 0 Å². The smallest absolute Gasteiger partial charge is 0.337 e. The van der Waals surface area contributed by atoms with E-state index in [9.17, 15) is 4.79 Å². The number of benzene rings is 1. The summed E-state index contributed by atoms with van der Waals surface area (Å²) in [5.74, 6) is -1.04. The van der Waals surface area contributed by atoms with Gasteiger partial charge in [0.05, 0.1) is 21.0 Å². The zero-order valence-electron chi connectivity index (χ0n) is 10.6. The Morgan fingerprint density at radius 3 is 2.80 bits per heavy atom. The molecule has 0 saturated carbocycles. The van der Waals surface area contributed by atoms with Crippen LogP contribution >= 0.6 is 22.9 Å². The molecule has 1 aromatic carbocycles. The van der Waals surface area contributed by atoms with Gasteiger partial charge in [0.2, 0.25) is 0 Å². The molecular weight excluding hydrogens is 298 g/mol. The van der Waals surface area contributed by atoms with Crippen molar-refractivity contribution in [2.24, 2.45) is 5.16 Å². The second kappa shape index (κ2) is 6.54. The van der Waals surface area contributed by atoms with E-state index in [1.165, 1.54) is 12.3 Å². The highest BCUT2D eigenvalue weighted by molar-refractivity contribution is 7.18. The van der Waals surface area contributed by atoms with E-state index in [1.54, 1.807) is 0 Å². The molecule has 1 aromatic heterocycles. The number of oxime groups is 1. The molecule has 4 nitrogen and oxygen atoms in total. The highest BCUT2D eigenvalue weighted by Crippen LogP contribution is 2.25. The Balaban J connectivity index is 2.05. The van der Waals surface area contributed by atoms with Crippen LogP contribution in [0, 0.1) is 0 Å². The molecule has 0 spiro atoms. The Morgan fingerprint density at radius 1 is 1.45 bits per heavy atom. The van der Waals surface area contributed by atoms with Crippen molar-refractivity contribution >= 4 is 35.1 Å². The Hall–Kier alpha value is -1.85. The molecule has 0 radical (unpaired) electrons. The maximum absolute atomic E-state index is 11.0. The molecule has 0 saturated heterocycles. The topological polar surface area (TPSA) is 58.9 Å². The van der Waals surface area contributed by atoms with Gasteiger partial charge in [-0.1, -0.05) is 47.1 Å². The molecule has 0 fully saturated rings. The van der Waals surface area contributed by atoms with E-state index in [-0.39, 0.29) is 11.7 Å². The summed E-state index contributed by atoms with van der Waals surface area (Å²) in [6, 6.07) is 11.0. The van der Waals surface area contributed by atoms with Crippen molar-refractivity contribution in [3.05, 3.63) is 56.7 Å². The molecule has 0 unspecified atom stereocenters. The lowest BCUT2D eigenvalue weighted by Crippen LogP contribution is -1.98. The quantitative estimate of drug-likeness (QED) is 0.665. The number of carboxylic acid groups (broad SMARTS) is 1. The molecule has 2 aromatic rings. The first-order chi connectivity index (χ1) is 9.58. The Kier molecular flexibility index (Phi) is 4.76. The monoisotopic (exact) mass is 309 g/mol. The maximum atomic E-state index is 11.0. The van der Waals surface area contributed by atoms with Crippen molar-refractivity contribution in [3.8, 4) is 0 Å². The van der Waals surface area contributed by atoms with Gasteiger partial charge in [0.1, 0.15) is 6.10 Å². The number of carboxylic acids is 1. The van der Waals surface area contributed by atoms with Crippen molar-refractivity contribution in [2.45, 2.75) is 13.0 Å². The second-order valence-corrected chi connectivity index (χ2v) is 5.74. The SMILES string of the molecule is C[C@@H](O/N=C/c1sc(Cl)cc1C(=O)O)c1ccccc1. The third-order valence-electron chi connectivity index (χ3n) is 2.62. The summed E-state index contributed by atoms with van der Waals surface area (Å²) in [4.78, 5) is 16.8. The maximum Gasteiger partial charge on any atom is 0.337 e. The number of thiophene rings is 1. The minimum absolute atomic E-state index is 0.125. The molecule has 2 rings (SSSR count). The van der Waals surface area contributed by atoms with E-state index in [4.69, 9.17) is 21.5 Å². The van der Waals surface area contributed by atoms with Crippen LogP contribution in [0.1, 0.15) is 33.8 Å². The normalized spacial score (nSPS) is 12.5. The van der Waals surface area contributed by atoms with Gasteiger partial charge in [0.15, 0.2) is 0 Å². The lowest BCUT2D eigenvalue weighted by atomic mass is 10.1. The molecule has 104 valence electrons. The second-order valence-electron chi connectivity index (χ2n) is 4.03. The number of hydrogen-bond acceptors (Lipinski definition) is 4. The van der Waals surface area contributed by atoms with Crippen LogP contribution in [0.5, 0.6) is 0 Å². The van der Waals surface area contributed by atoms with Gasteiger partial charge in [-0.3, -0.25) is 0 Å². The largest absolute Gasteiger partial charge is 0.478 e. The molecule has 0 aliphatic carbocycles. The number of nitrogens with zero attached hydrogens (tertiary/aromatic N) is 1. The number of halogens is 1. The summed E-state index contributed by atoms with van der Waals surface area (Å²) >= 11 is 6.95. The highest BCUT2D eigenvalue weighted by atomic mass is 35.5. The fourth-order valence-corrected chi connectivity index (χ4v) is 2.69. The zero-order chi connectivity index (χ0) is 14.5. The molecule has 0 amide bonds. The summed E-state index contributed by atoms with van der Waals surface area (Å²) in [5.41, 5.74) is 1.12. The van der Waals surface area contributed by atoms with E-state index in [0.29, 0.717) is 9.21 Å². The standard InChI is InChI=1S/C14H12ClNO3S/c1-9(10-5-3-2-4-6-10)19-16-8-12-11(14(17)18)7-13(15)20-12/h2-9H,1H3,(H,17,18)/b16-8+/t9-/m1/s1. The van der Waals surface area contributed by atoms with E-state index < -0.39 is 5.97 Å². The van der Waals surface area contributed by atoms with Crippen molar-refractivity contribution in [1.29, 1.82) is 0 Å². The molecule has 1 heterocycles. The Bertz CT molecular complexity index is 625. The first-order valence-corrected chi connectivity index (χ1v) is 7.04. The van der Waals surface area contributed by atoms with Crippen LogP contribution < -0.4 is 0 Å². The molecule has 0 bridgehead atoms. The van der Waals surface area contributed by atoms with Gasteiger partial charge in [0.25, 0.3) is 0 Å². The third kappa shape index (κ3) is 3.59. The van der Waals surface area contributed by atoms with E-state index in [0.717, 1.165) is 16.9 Å². The number of carbonyl (C=O) groups is 1. The van der Waals surface area contributed by atoms with Gasteiger partial charge < -0.3 is 9.94 Å². The minimum Gasteiger partial charge on any atom is -0.478 e. The number of rotatable bonds is 5. The average molecular weight is 310 g/mol. The summed E-state index contributed by atoms with van der Waals surface area (Å²) < 4.78 is 0.403. The lowest BCUT2D eigenvalue weighted by molar-refractivity contribution is 0.0696. The predicted octanol–water partition coefficient (Wildman–Crippen LogP) is 4.21. The summed E-state index contributed by atoms with van der Waals surface area (Å²) in [7, 11) is 0. The van der Waals surface area contributed by atoms with Crippen molar-refractivity contribution in [1.82, 2.24) is 0 Å². The fourth-order valence-electron chi connectivity index (χ4n) is 1.59. The first-order valence-electron chi connectivity index (χ1n) is 5.84. The average Bonchev–Trinajstić information content (AvgIpc) is 2.81. The van der Waals surface area contributed by atoms with Crippen LogP contribution in [0.4, 0.5) is 0 Å². The predicted molar refractivity (Wildman–Crippen MR) is 79.8 cm³/mol. The summed E-state index contributed by atoms with van der Waals surface area (Å²) in [6.07, 6.45) is 1.16. The molecule has 1 atom stereocenters. The number of aromatic carboxylic acids is 1. The van der Waals surface area contributed by atoms with Crippen molar-refractivity contribution in [3.63, 3.8) is 0 Å². The van der Waals surface area contributed by atoms with Gasteiger partial charge in [-0.2, -0.15) is 0 Å². The van der Waals surface area contributed by atoms with Gasteiger partial charge in [-0.25, -0.2) is 4.79 Å². The van der Waals surface area contributed by atoms with Crippen LogP contribution in [0.2, 0.25) is 4.34 Å². The van der Waals surface area contributed by atoms with Gasteiger partial charge >= 0.3 is 5.97 Å². The molecule has 0 aliphatic heterocycles. The molecule has 0 aliphatic rings. The Morgan fingerprint density at radius 2 is 2.15 bits per heavy atom. The third-order valence-corrected chi connectivity index (χ3v) is 3.82. The van der Waals surface area contributed by atoms with E-state index in [1.807, 2.05) is 37.3 Å². The number of hydrogen-bond donors (Lipinski definition) is 1. The summed E-state index contributed by atoms with van der Waals surface area (Å²) in [5, 5.41) is 12.8. The molecule has 20 heavy (non-hydrogen) atoms. The van der Waals surface area contributed by atoms with Gasteiger partial charge in [-0.05, 0) is 18.6 Å². The lowest BCUT2D eigenvalue weighted by Gasteiger charge is -2.08. The van der Waals surface area contributed by atoms with Crippen LogP contribution in [0.25, 0.3) is 0 Å². The molecular formula is C14H12ClNO3S. The van der Waals surface area contributed by atoms with Crippen molar-refractivity contribution in [2.75, 3.05) is 0 Å². The van der Waals surface area contributed by atoms with E-state index >= 15 is 0 Å². The minimum atomic E-state index is -1.04. The molecule has 6 heteroatoms. The van der Waals surface area contributed by atoms with Gasteiger partial charge in [-0.15, -0.1) is 11.3 Å². The van der Waals surface area contributed by atoms with Crippen LogP contribution in [-0.4, -0.2) is 17.3 Å².